The average Bonchev–Trinajstić information content (AvgIpc) is 2.65. The first-order valence-corrected chi connectivity index (χ1v) is 8.27. The molecule has 0 spiro atoms. The van der Waals surface area contributed by atoms with Crippen molar-refractivity contribution in [3.8, 4) is 5.75 Å². The highest BCUT2D eigenvalue weighted by molar-refractivity contribution is 5.76. The average molecular weight is 342 g/mol. The molecule has 132 valence electrons. The molecule has 2 heterocycles. The summed E-state index contributed by atoms with van der Waals surface area (Å²) in [6.45, 7) is 3.75. The highest BCUT2D eigenvalue weighted by atomic mass is 16.5. The molecule has 0 saturated carbocycles. The zero-order chi connectivity index (χ0) is 17.8. The van der Waals surface area contributed by atoms with Crippen LogP contribution >= 0.6 is 0 Å². The van der Waals surface area contributed by atoms with Gasteiger partial charge in [-0.05, 0) is 30.7 Å². The van der Waals surface area contributed by atoms with Crippen LogP contribution in [0.5, 0.6) is 5.75 Å². The quantitative estimate of drug-likeness (QED) is 0.887. The van der Waals surface area contributed by atoms with Gasteiger partial charge in [-0.2, -0.15) is 5.10 Å². The van der Waals surface area contributed by atoms with Gasteiger partial charge >= 0.3 is 0 Å². The summed E-state index contributed by atoms with van der Waals surface area (Å²) in [5.74, 6) is 0.670. The first-order valence-electron chi connectivity index (χ1n) is 8.27. The molecule has 1 aromatic heterocycles. The minimum absolute atomic E-state index is 0.0484. The van der Waals surface area contributed by atoms with E-state index < -0.39 is 0 Å². The molecule has 1 amide bonds. The smallest absolute Gasteiger partial charge is 0.267 e. The van der Waals surface area contributed by atoms with Crippen LogP contribution in [0.3, 0.4) is 0 Å². The maximum absolute atomic E-state index is 12.8. The van der Waals surface area contributed by atoms with E-state index in [2.05, 4.69) is 10.4 Å². The molecule has 1 fully saturated rings. The largest absolute Gasteiger partial charge is 0.497 e. The van der Waals surface area contributed by atoms with Crippen LogP contribution in [0.2, 0.25) is 0 Å². The van der Waals surface area contributed by atoms with E-state index in [1.807, 2.05) is 29.2 Å². The van der Waals surface area contributed by atoms with Gasteiger partial charge < -0.3 is 15.0 Å². The lowest BCUT2D eigenvalue weighted by atomic mass is 10.0. The van der Waals surface area contributed by atoms with E-state index in [1.165, 1.54) is 10.7 Å². The van der Waals surface area contributed by atoms with Gasteiger partial charge in [0.05, 0.1) is 18.8 Å². The molecule has 1 aliphatic rings. The third kappa shape index (κ3) is 3.88. The van der Waals surface area contributed by atoms with Crippen LogP contribution in [-0.4, -0.2) is 47.3 Å². The number of piperazine rings is 1. The molecule has 0 aliphatic carbocycles. The van der Waals surface area contributed by atoms with E-state index in [0.29, 0.717) is 18.8 Å². The normalized spacial score (nSPS) is 17.4. The Morgan fingerprint density at radius 3 is 2.76 bits per heavy atom. The Kier molecular flexibility index (Phi) is 5.14. The number of aromatic nitrogens is 2. The molecule has 2 aromatic rings. The Morgan fingerprint density at radius 1 is 1.28 bits per heavy atom. The number of nitrogens with zero attached hydrogens (tertiary/aromatic N) is 3. The Bertz CT molecular complexity index is 801. The van der Waals surface area contributed by atoms with Gasteiger partial charge in [0.25, 0.3) is 5.56 Å². The van der Waals surface area contributed by atoms with Gasteiger partial charge in [0, 0.05) is 25.7 Å². The van der Waals surface area contributed by atoms with Gasteiger partial charge in [0.2, 0.25) is 5.91 Å². The number of hydrogen-bond acceptors (Lipinski definition) is 5. The number of carbonyl (C=O) groups excluding carboxylic acids is 1. The molecule has 3 rings (SSSR count). The first kappa shape index (κ1) is 17.2. The van der Waals surface area contributed by atoms with Crippen molar-refractivity contribution in [3.63, 3.8) is 0 Å². The second-order valence-electron chi connectivity index (χ2n) is 6.05. The molecule has 1 N–H and O–H groups in total. The molecule has 0 radical (unpaired) electrons. The minimum atomic E-state index is -0.268. The van der Waals surface area contributed by atoms with E-state index in [0.717, 1.165) is 17.9 Å². The van der Waals surface area contributed by atoms with E-state index in [-0.39, 0.29) is 24.1 Å². The minimum Gasteiger partial charge on any atom is -0.497 e. The summed E-state index contributed by atoms with van der Waals surface area (Å²) in [6.07, 6.45) is 0. The Morgan fingerprint density at radius 2 is 2.04 bits per heavy atom. The van der Waals surface area contributed by atoms with Gasteiger partial charge in [-0.15, -0.1) is 0 Å². The number of hydrogen-bond donors (Lipinski definition) is 1. The van der Waals surface area contributed by atoms with Crippen molar-refractivity contribution >= 4 is 5.91 Å². The van der Waals surface area contributed by atoms with Crippen molar-refractivity contribution in [2.24, 2.45) is 0 Å². The maximum Gasteiger partial charge on any atom is 0.267 e. The van der Waals surface area contributed by atoms with E-state index in [1.54, 1.807) is 20.1 Å². The lowest BCUT2D eigenvalue weighted by Crippen LogP contribution is -2.50. The molecule has 0 bridgehead atoms. The third-order valence-electron chi connectivity index (χ3n) is 4.35. The van der Waals surface area contributed by atoms with Crippen LogP contribution in [-0.2, 0) is 11.3 Å². The van der Waals surface area contributed by atoms with Crippen molar-refractivity contribution < 1.29 is 9.53 Å². The van der Waals surface area contributed by atoms with Crippen molar-refractivity contribution in [1.82, 2.24) is 20.0 Å². The zero-order valence-corrected chi connectivity index (χ0v) is 14.4. The monoisotopic (exact) mass is 342 g/mol. The number of methoxy groups -OCH3 is 1. The number of nitrogens with one attached hydrogen (secondary N) is 1. The summed E-state index contributed by atoms with van der Waals surface area (Å²) in [7, 11) is 1.62. The van der Waals surface area contributed by atoms with Crippen molar-refractivity contribution in [3.05, 3.63) is 58.0 Å². The second kappa shape index (κ2) is 7.48. The number of benzene rings is 1. The highest BCUT2D eigenvalue weighted by Gasteiger charge is 2.28. The predicted octanol–water partition coefficient (Wildman–Crippen LogP) is 0.733. The van der Waals surface area contributed by atoms with Gasteiger partial charge in [-0.1, -0.05) is 12.1 Å². The summed E-state index contributed by atoms with van der Waals surface area (Å²) in [5, 5.41) is 7.47. The van der Waals surface area contributed by atoms with E-state index in [9.17, 15) is 9.59 Å². The van der Waals surface area contributed by atoms with Crippen molar-refractivity contribution in [2.75, 3.05) is 26.7 Å². The molecular weight excluding hydrogens is 320 g/mol. The van der Waals surface area contributed by atoms with Crippen LogP contribution < -0.4 is 15.6 Å². The summed E-state index contributed by atoms with van der Waals surface area (Å²) >= 11 is 0. The zero-order valence-electron chi connectivity index (χ0n) is 14.4. The maximum atomic E-state index is 12.8. The molecule has 1 aromatic carbocycles. The van der Waals surface area contributed by atoms with E-state index in [4.69, 9.17) is 4.74 Å². The third-order valence-corrected chi connectivity index (χ3v) is 4.35. The molecule has 7 heteroatoms. The lowest BCUT2D eigenvalue weighted by molar-refractivity contribution is -0.135. The molecule has 7 nitrogen and oxygen atoms in total. The van der Waals surface area contributed by atoms with E-state index >= 15 is 0 Å². The number of amides is 1. The standard InChI is InChI=1S/C18H22N4O3/c1-13-3-8-17(23)22(20-13)12-18(24)21-10-9-19-11-16(21)14-4-6-15(25-2)7-5-14/h3-8,16,19H,9-12H2,1-2H3. The Hall–Kier alpha value is -2.67. The molecule has 1 saturated heterocycles. The number of ether oxygens (including phenoxy) is 1. The van der Waals surface area contributed by atoms with Crippen molar-refractivity contribution in [1.29, 1.82) is 0 Å². The van der Waals surface area contributed by atoms with Crippen LogP contribution in [0, 0.1) is 6.92 Å². The number of rotatable bonds is 4. The molecule has 1 unspecified atom stereocenters. The molecule has 1 atom stereocenters. The fourth-order valence-corrected chi connectivity index (χ4v) is 3.01. The summed E-state index contributed by atoms with van der Waals surface area (Å²) in [6, 6.07) is 10.7. The Balaban J connectivity index is 1.81. The summed E-state index contributed by atoms with van der Waals surface area (Å²) < 4.78 is 6.42. The van der Waals surface area contributed by atoms with Gasteiger partial charge in [0.15, 0.2) is 0 Å². The second-order valence-corrected chi connectivity index (χ2v) is 6.05. The van der Waals surface area contributed by atoms with Crippen LogP contribution in [0.4, 0.5) is 0 Å². The number of carbonyl (C=O) groups is 1. The van der Waals surface area contributed by atoms with Crippen molar-refractivity contribution in [2.45, 2.75) is 19.5 Å². The SMILES string of the molecule is COc1ccc(C2CNCCN2C(=O)Cn2nc(C)ccc2=O)cc1. The highest BCUT2D eigenvalue weighted by Crippen LogP contribution is 2.24. The summed E-state index contributed by atoms with van der Waals surface area (Å²) in [5.41, 5.74) is 1.47. The predicted molar refractivity (Wildman–Crippen MR) is 93.6 cm³/mol. The van der Waals surface area contributed by atoms with Crippen LogP contribution in [0.15, 0.2) is 41.2 Å². The van der Waals surface area contributed by atoms with Gasteiger partial charge in [-0.3, -0.25) is 9.59 Å². The molecule has 25 heavy (non-hydrogen) atoms. The lowest BCUT2D eigenvalue weighted by Gasteiger charge is -2.36. The Labute approximate surface area is 146 Å². The van der Waals surface area contributed by atoms with Crippen LogP contribution in [0.25, 0.3) is 0 Å². The molecule has 1 aliphatic heterocycles. The fraction of sp³-hybridized carbons (Fsp3) is 0.389. The first-order chi connectivity index (χ1) is 12.1. The fourth-order valence-electron chi connectivity index (χ4n) is 3.01. The summed E-state index contributed by atoms with van der Waals surface area (Å²) in [4.78, 5) is 26.5. The molecular formula is C18H22N4O3. The van der Waals surface area contributed by atoms with Gasteiger partial charge in [-0.25, -0.2) is 4.68 Å². The number of aryl methyl sites for hydroxylation is 1. The van der Waals surface area contributed by atoms with Crippen LogP contribution in [0.1, 0.15) is 17.3 Å². The van der Waals surface area contributed by atoms with Gasteiger partial charge in [0.1, 0.15) is 12.3 Å². The topological polar surface area (TPSA) is 76.5 Å².